The van der Waals surface area contributed by atoms with Crippen molar-refractivity contribution in [3.8, 4) is 5.75 Å². The van der Waals surface area contributed by atoms with E-state index in [0.29, 0.717) is 11.3 Å². The lowest BCUT2D eigenvalue weighted by molar-refractivity contribution is -0.242. The summed E-state index contributed by atoms with van der Waals surface area (Å²) in [5.74, 6) is 0.314. The van der Waals surface area contributed by atoms with Crippen molar-refractivity contribution in [2.45, 2.75) is 31.5 Å². The summed E-state index contributed by atoms with van der Waals surface area (Å²) < 4.78 is 15.7. The highest BCUT2D eigenvalue weighted by atomic mass is 16.7. The molecule has 0 radical (unpaired) electrons. The molecular weight excluding hydrogens is 292 g/mol. The first kappa shape index (κ1) is 15.0. The first-order chi connectivity index (χ1) is 10.5. The number of aliphatic hydroxyl groups is 3. The van der Waals surface area contributed by atoms with Crippen LogP contribution in [0, 0.1) is 6.92 Å². The number of hydrogen-bond donors (Lipinski definition) is 3. The Morgan fingerprint density at radius 1 is 1.18 bits per heavy atom. The SMILES string of the molecule is Cc1cc(=O)oc2cc(O[C@H]3OC[C@H](O)[C@@H](O)C3O)ccc12. The van der Waals surface area contributed by atoms with Gasteiger partial charge >= 0.3 is 5.63 Å². The first-order valence-corrected chi connectivity index (χ1v) is 6.82. The normalized spacial score (nSPS) is 28.7. The number of fused-ring (bicyclic) bond motifs is 1. The fourth-order valence-electron chi connectivity index (χ4n) is 2.40. The van der Waals surface area contributed by atoms with Crippen LogP contribution in [0.2, 0.25) is 0 Å². The summed E-state index contributed by atoms with van der Waals surface area (Å²) in [7, 11) is 0. The third kappa shape index (κ3) is 2.71. The van der Waals surface area contributed by atoms with Crippen LogP contribution in [0.3, 0.4) is 0 Å². The summed E-state index contributed by atoms with van der Waals surface area (Å²) in [6.07, 6.45) is -5.01. The Labute approximate surface area is 125 Å². The van der Waals surface area contributed by atoms with Gasteiger partial charge in [-0.05, 0) is 24.6 Å². The van der Waals surface area contributed by atoms with Crippen LogP contribution in [0.4, 0.5) is 0 Å². The largest absolute Gasteiger partial charge is 0.462 e. The molecular formula is C15H16O7. The second kappa shape index (κ2) is 5.69. The maximum Gasteiger partial charge on any atom is 0.336 e. The Balaban J connectivity index is 1.87. The molecule has 0 saturated carbocycles. The maximum absolute atomic E-state index is 11.4. The van der Waals surface area contributed by atoms with Crippen molar-refractivity contribution in [3.63, 3.8) is 0 Å². The van der Waals surface area contributed by atoms with E-state index in [9.17, 15) is 20.1 Å². The lowest BCUT2D eigenvalue weighted by Gasteiger charge is -2.34. The maximum atomic E-state index is 11.4. The van der Waals surface area contributed by atoms with Crippen molar-refractivity contribution in [1.29, 1.82) is 0 Å². The topological polar surface area (TPSA) is 109 Å². The van der Waals surface area contributed by atoms with E-state index in [1.54, 1.807) is 19.1 Å². The minimum Gasteiger partial charge on any atom is -0.462 e. The molecule has 1 aromatic heterocycles. The molecule has 3 N–H and O–H groups in total. The zero-order valence-corrected chi connectivity index (χ0v) is 11.8. The molecule has 0 amide bonds. The second-order valence-electron chi connectivity index (χ2n) is 5.27. The molecule has 22 heavy (non-hydrogen) atoms. The highest BCUT2D eigenvalue weighted by molar-refractivity contribution is 5.81. The molecule has 0 spiro atoms. The van der Waals surface area contributed by atoms with Crippen LogP contribution < -0.4 is 10.4 Å². The number of ether oxygens (including phenoxy) is 2. The Morgan fingerprint density at radius 3 is 2.73 bits per heavy atom. The van der Waals surface area contributed by atoms with Gasteiger partial charge in [0.2, 0.25) is 6.29 Å². The predicted octanol–water partition coefficient (Wildman–Crippen LogP) is -0.0808. The molecule has 1 aliphatic heterocycles. The Kier molecular flexibility index (Phi) is 3.88. The van der Waals surface area contributed by atoms with Gasteiger partial charge in [-0.3, -0.25) is 0 Å². The minimum absolute atomic E-state index is 0.148. The monoisotopic (exact) mass is 308 g/mol. The third-order valence-corrected chi connectivity index (χ3v) is 3.63. The average molecular weight is 308 g/mol. The summed E-state index contributed by atoms with van der Waals surface area (Å²) >= 11 is 0. The van der Waals surface area contributed by atoms with Gasteiger partial charge < -0.3 is 29.2 Å². The summed E-state index contributed by atoms with van der Waals surface area (Å²) in [5.41, 5.74) is 0.674. The van der Waals surface area contributed by atoms with Crippen LogP contribution in [-0.4, -0.2) is 46.5 Å². The molecule has 0 aliphatic carbocycles. The van der Waals surface area contributed by atoms with Crippen LogP contribution in [0.5, 0.6) is 5.75 Å². The molecule has 2 aromatic rings. The van der Waals surface area contributed by atoms with E-state index in [-0.39, 0.29) is 6.61 Å². The Morgan fingerprint density at radius 2 is 1.95 bits per heavy atom. The van der Waals surface area contributed by atoms with Gasteiger partial charge in [0.25, 0.3) is 0 Å². The van der Waals surface area contributed by atoms with Gasteiger partial charge in [-0.25, -0.2) is 4.79 Å². The highest BCUT2D eigenvalue weighted by Crippen LogP contribution is 2.25. The van der Waals surface area contributed by atoms with Crippen molar-refractivity contribution in [3.05, 3.63) is 40.2 Å². The average Bonchev–Trinajstić information content (AvgIpc) is 2.47. The smallest absolute Gasteiger partial charge is 0.336 e. The van der Waals surface area contributed by atoms with E-state index in [1.807, 2.05) is 0 Å². The predicted molar refractivity (Wildman–Crippen MR) is 75.6 cm³/mol. The lowest BCUT2D eigenvalue weighted by atomic mass is 10.1. The number of aliphatic hydroxyl groups excluding tert-OH is 3. The highest BCUT2D eigenvalue weighted by Gasteiger charge is 2.39. The molecule has 1 aromatic carbocycles. The number of hydrogen-bond acceptors (Lipinski definition) is 7. The van der Waals surface area contributed by atoms with Gasteiger partial charge in [-0.1, -0.05) is 0 Å². The van der Waals surface area contributed by atoms with Crippen molar-refractivity contribution in [2.75, 3.05) is 6.61 Å². The van der Waals surface area contributed by atoms with Crippen molar-refractivity contribution in [1.82, 2.24) is 0 Å². The lowest BCUT2D eigenvalue weighted by Crippen LogP contribution is -2.54. The van der Waals surface area contributed by atoms with Crippen molar-refractivity contribution in [2.24, 2.45) is 0 Å². The van der Waals surface area contributed by atoms with E-state index in [0.717, 1.165) is 10.9 Å². The summed E-state index contributed by atoms with van der Waals surface area (Å²) in [5, 5.41) is 29.6. The second-order valence-corrected chi connectivity index (χ2v) is 5.27. The minimum atomic E-state index is -1.39. The summed E-state index contributed by atoms with van der Waals surface area (Å²) in [6, 6.07) is 6.28. The van der Waals surface area contributed by atoms with Gasteiger partial charge in [-0.15, -0.1) is 0 Å². The molecule has 2 heterocycles. The van der Waals surface area contributed by atoms with Crippen LogP contribution >= 0.6 is 0 Å². The van der Waals surface area contributed by atoms with E-state index >= 15 is 0 Å². The molecule has 4 atom stereocenters. The number of aryl methyl sites for hydroxylation is 1. The van der Waals surface area contributed by atoms with Gasteiger partial charge in [-0.2, -0.15) is 0 Å². The van der Waals surface area contributed by atoms with E-state index in [1.165, 1.54) is 12.1 Å². The molecule has 0 bridgehead atoms. The van der Waals surface area contributed by atoms with Crippen LogP contribution in [0.15, 0.2) is 33.5 Å². The quantitative estimate of drug-likeness (QED) is 0.666. The Bertz CT molecular complexity index is 738. The summed E-state index contributed by atoms with van der Waals surface area (Å²) in [6.45, 7) is 1.65. The van der Waals surface area contributed by atoms with Gasteiger partial charge in [0.15, 0.2) is 0 Å². The standard InChI is InChI=1S/C15H16O7/c1-7-4-12(17)22-11-5-8(2-3-9(7)11)21-15-14(19)13(18)10(16)6-20-15/h2-5,10,13-16,18-19H,6H2,1H3/t10-,13+,14?,15+/m0/s1. The third-order valence-electron chi connectivity index (χ3n) is 3.63. The zero-order valence-electron chi connectivity index (χ0n) is 11.8. The van der Waals surface area contributed by atoms with Crippen molar-refractivity contribution < 1.29 is 29.2 Å². The van der Waals surface area contributed by atoms with Crippen LogP contribution in [0.1, 0.15) is 5.56 Å². The van der Waals surface area contributed by atoms with Crippen LogP contribution in [0.25, 0.3) is 11.0 Å². The number of rotatable bonds is 2. The van der Waals surface area contributed by atoms with Crippen molar-refractivity contribution >= 4 is 11.0 Å². The molecule has 7 nitrogen and oxygen atoms in total. The number of benzene rings is 1. The molecule has 1 fully saturated rings. The fourth-order valence-corrected chi connectivity index (χ4v) is 2.40. The van der Waals surface area contributed by atoms with Crippen LogP contribution in [-0.2, 0) is 4.74 Å². The summed E-state index contributed by atoms with van der Waals surface area (Å²) in [4.78, 5) is 11.4. The molecule has 3 rings (SSSR count). The fraction of sp³-hybridized carbons (Fsp3) is 0.400. The van der Waals surface area contributed by atoms with Gasteiger partial charge in [0.1, 0.15) is 29.6 Å². The van der Waals surface area contributed by atoms with Gasteiger partial charge in [0, 0.05) is 17.5 Å². The molecule has 1 aliphatic rings. The van der Waals surface area contributed by atoms with E-state index < -0.39 is 30.2 Å². The molecule has 1 unspecified atom stereocenters. The molecule has 1 saturated heterocycles. The van der Waals surface area contributed by atoms with E-state index in [4.69, 9.17) is 13.9 Å². The molecule has 7 heteroatoms. The molecule has 118 valence electrons. The zero-order chi connectivity index (χ0) is 15.9. The van der Waals surface area contributed by atoms with Gasteiger partial charge in [0.05, 0.1) is 6.61 Å². The Hall–Kier alpha value is -1.93. The van der Waals surface area contributed by atoms with E-state index in [2.05, 4.69) is 0 Å². The first-order valence-electron chi connectivity index (χ1n) is 6.82.